The highest BCUT2D eigenvalue weighted by Crippen LogP contribution is 2.40. The molecule has 1 aliphatic rings. The molecule has 1 N–H and O–H groups in total. The lowest BCUT2D eigenvalue weighted by Gasteiger charge is -2.22. The van der Waals surface area contributed by atoms with Gasteiger partial charge in [0.2, 0.25) is 0 Å². The third-order valence-electron chi connectivity index (χ3n) is 2.86. The van der Waals surface area contributed by atoms with Crippen LogP contribution in [0.5, 0.6) is 0 Å². The van der Waals surface area contributed by atoms with Gasteiger partial charge in [0, 0.05) is 0 Å². The number of aromatic nitrogens is 1. The molecule has 130 valence electrons. The summed E-state index contributed by atoms with van der Waals surface area (Å²) in [7, 11) is -1.73. The van der Waals surface area contributed by atoms with E-state index in [4.69, 9.17) is 14.2 Å². The maximum Gasteiger partial charge on any atom is 0.419 e. The molecule has 1 fully saturated rings. The van der Waals surface area contributed by atoms with E-state index in [-0.39, 0.29) is 0 Å². The monoisotopic (exact) mass is 362 g/mol. The molecule has 23 heavy (non-hydrogen) atoms. The largest absolute Gasteiger partial charge is 0.443 e. The molecule has 0 radical (unpaired) electrons. The first-order chi connectivity index (χ1) is 10.4. The summed E-state index contributed by atoms with van der Waals surface area (Å²) in [6.45, 7) is 11.1. The molecule has 0 aliphatic carbocycles. The summed E-state index contributed by atoms with van der Waals surface area (Å²) in [5, 5.41) is 0.650. The van der Waals surface area contributed by atoms with Crippen molar-refractivity contribution in [2.75, 3.05) is 6.61 Å². The summed E-state index contributed by atoms with van der Waals surface area (Å²) in [4.78, 5) is 15.9. The van der Waals surface area contributed by atoms with Crippen LogP contribution in [0.2, 0.25) is 0 Å². The van der Waals surface area contributed by atoms with E-state index in [1.165, 1.54) is 17.5 Å². The fraction of sp³-hybridized carbons (Fsp3) is 0.714. The van der Waals surface area contributed by atoms with Gasteiger partial charge in [-0.3, -0.25) is 0 Å². The summed E-state index contributed by atoms with van der Waals surface area (Å²) < 4.78 is 31.4. The van der Waals surface area contributed by atoms with Crippen LogP contribution in [0.4, 0.5) is 4.79 Å². The van der Waals surface area contributed by atoms with Crippen LogP contribution in [0.25, 0.3) is 0 Å². The topological polar surface area (TPSA) is 86.8 Å². The molecule has 1 aliphatic heterocycles. The van der Waals surface area contributed by atoms with Crippen molar-refractivity contribution in [2.24, 2.45) is 0 Å². The van der Waals surface area contributed by atoms with Gasteiger partial charge in [0.1, 0.15) is 20.4 Å². The molecule has 1 amide bonds. The Kier molecular flexibility index (Phi) is 4.87. The minimum Gasteiger partial charge on any atom is -0.443 e. The number of thiazole rings is 1. The number of carbonyl (C=O) groups excluding carboxylic acids is 1. The Morgan fingerprint density at radius 3 is 2.61 bits per heavy atom. The average molecular weight is 362 g/mol. The summed E-state index contributed by atoms with van der Waals surface area (Å²) in [5.41, 5.74) is -1.34. The van der Waals surface area contributed by atoms with E-state index >= 15 is 0 Å². The average Bonchev–Trinajstić information content (AvgIpc) is 2.92. The lowest BCUT2D eigenvalue weighted by Crippen LogP contribution is -2.33. The number of carbonyl (C=O) groups is 1. The Morgan fingerprint density at radius 1 is 1.43 bits per heavy atom. The van der Waals surface area contributed by atoms with Gasteiger partial charge in [0.25, 0.3) is 0 Å². The van der Waals surface area contributed by atoms with Crippen LogP contribution in [-0.4, -0.2) is 33.3 Å². The van der Waals surface area contributed by atoms with Gasteiger partial charge in [-0.25, -0.2) is 18.7 Å². The smallest absolute Gasteiger partial charge is 0.419 e. The number of hydrogen-bond donors (Lipinski definition) is 1. The Morgan fingerprint density at radius 2 is 2.09 bits per heavy atom. The zero-order valence-electron chi connectivity index (χ0n) is 14.1. The third-order valence-corrected chi connectivity index (χ3v) is 5.42. The molecule has 0 unspecified atom stereocenters. The van der Waals surface area contributed by atoms with Crippen LogP contribution in [0.3, 0.4) is 0 Å². The molecular weight excluding hydrogens is 340 g/mol. The van der Waals surface area contributed by atoms with Gasteiger partial charge < -0.3 is 14.2 Å². The van der Waals surface area contributed by atoms with Crippen LogP contribution in [0.1, 0.15) is 46.6 Å². The highest BCUT2D eigenvalue weighted by Gasteiger charge is 2.45. The number of nitrogens with zero attached hydrogens (tertiary/aromatic N) is 1. The molecule has 7 nitrogen and oxygen atoms in total. The SMILES string of the molecule is CC(C)(C)OC(=O)N[S@@](=O)c1cnc([C@]2(C)COC(C)(C)O2)s1. The second-order valence-electron chi connectivity index (χ2n) is 6.88. The third kappa shape index (κ3) is 4.72. The Bertz CT molecular complexity index is 623. The Hall–Kier alpha value is -1.03. The number of nitrogens with one attached hydrogen (secondary N) is 1. The van der Waals surface area contributed by atoms with E-state index in [0.29, 0.717) is 15.8 Å². The molecule has 0 saturated carbocycles. The predicted molar refractivity (Wildman–Crippen MR) is 86.4 cm³/mol. The van der Waals surface area contributed by atoms with Crippen LogP contribution >= 0.6 is 11.3 Å². The van der Waals surface area contributed by atoms with Crippen molar-refractivity contribution < 1.29 is 23.2 Å². The van der Waals surface area contributed by atoms with Gasteiger partial charge >= 0.3 is 6.09 Å². The summed E-state index contributed by atoms with van der Waals surface area (Å²) in [6, 6.07) is 0. The molecule has 0 spiro atoms. The van der Waals surface area contributed by atoms with Crippen molar-refractivity contribution in [1.29, 1.82) is 0 Å². The first-order valence-electron chi connectivity index (χ1n) is 7.12. The Labute approximate surface area is 142 Å². The second-order valence-corrected chi connectivity index (χ2v) is 9.35. The summed E-state index contributed by atoms with van der Waals surface area (Å²) in [6.07, 6.45) is 0.728. The number of hydrogen-bond acceptors (Lipinski definition) is 7. The minimum atomic E-state index is -1.73. The van der Waals surface area contributed by atoms with E-state index in [9.17, 15) is 9.00 Å². The molecule has 1 aromatic rings. The van der Waals surface area contributed by atoms with E-state index in [1.807, 2.05) is 20.8 Å². The summed E-state index contributed by atoms with van der Waals surface area (Å²) >= 11 is 1.21. The molecule has 2 atom stereocenters. The first kappa shape index (κ1) is 18.3. The van der Waals surface area contributed by atoms with Crippen LogP contribution in [-0.2, 0) is 30.8 Å². The van der Waals surface area contributed by atoms with E-state index in [2.05, 4.69) is 9.71 Å². The molecular formula is C14H22N2O5S2. The van der Waals surface area contributed by atoms with Gasteiger partial charge in [0.15, 0.2) is 16.8 Å². The first-order valence-corrected chi connectivity index (χ1v) is 9.09. The zero-order valence-corrected chi connectivity index (χ0v) is 15.7. The molecule has 2 rings (SSSR count). The number of rotatable bonds is 3. The van der Waals surface area contributed by atoms with Crippen molar-refractivity contribution in [1.82, 2.24) is 9.71 Å². The van der Waals surface area contributed by atoms with Crippen LogP contribution in [0.15, 0.2) is 10.4 Å². The molecule has 1 aromatic heterocycles. The fourth-order valence-electron chi connectivity index (χ4n) is 2.03. The number of amides is 1. The van der Waals surface area contributed by atoms with Crippen LogP contribution < -0.4 is 4.72 Å². The molecule has 0 aromatic carbocycles. The Balaban J connectivity index is 2.05. The van der Waals surface area contributed by atoms with Gasteiger partial charge in [-0.15, -0.1) is 11.3 Å². The zero-order chi connectivity index (χ0) is 17.5. The number of ether oxygens (including phenoxy) is 3. The standard InChI is InChI=1S/C14H22N2O5S2/c1-12(2,3)20-11(17)16-23(18)9-7-15-10(22-9)14(6)8-19-13(4,5)21-14/h7H,8H2,1-6H3,(H,16,17)/t14-,23-/m0/s1. The van der Waals surface area contributed by atoms with Gasteiger partial charge in [-0.2, -0.15) is 0 Å². The van der Waals surface area contributed by atoms with Crippen molar-refractivity contribution in [2.45, 2.75) is 62.7 Å². The maximum absolute atomic E-state index is 12.2. The van der Waals surface area contributed by atoms with Gasteiger partial charge in [-0.1, -0.05) is 0 Å². The predicted octanol–water partition coefficient (Wildman–Crippen LogP) is 2.69. The summed E-state index contributed by atoms with van der Waals surface area (Å²) in [5.74, 6) is -0.686. The minimum absolute atomic E-state index is 0.360. The normalized spacial score (nSPS) is 25.1. The molecule has 2 heterocycles. The van der Waals surface area contributed by atoms with E-state index in [1.54, 1.807) is 20.8 Å². The van der Waals surface area contributed by atoms with Gasteiger partial charge in [-0.05, 0) is 41.5 Å². The maximum atomic E-state index is 12.2. The lowest BCUT2D eigenvalue weighted by molar-refractivity contribution is -0.159. The quantitative estimate of drug-likeness (QED) is 0.890. The molecule has 1 saturated heterocycles. The van der Waals surface area contributed by atoms with E-state index in [0.717, 1.165) is 0 Å². The van der Waals surface area contributed by atoms with Crippen molar-refractivity contribution in [3.8, 4) is 0 Å². The van der Waals surface area contributed by atoms with Crippen molar-refractivity contribution in [3.05, 3.63) is 11.2 Å². The van der Waals surface area contributed by atoms with Crippen molar-refractivity contribution >= 4 is 28.4 Å². The highest BCUT2D eigenvalue weighted by molar-refractivity contribution is 7.86. The van der Waals surface area contributed by atoms with Gasteiger partial charge in [0.05, 0.1) is 12.8 Å². The highest BCUT2D eigenvalue weighted by atomic mass is 32.2. The second kappa shape index (κ2) is 6.12. The van der Waals surface area contributed by atoms with Crippen LogP contribution in [0, 0.1) is 0 Å². The molecule has 0 bridgehead atoms. The lowest BCUT2D eigenvalue weighted by atomic mass is 10.1. The van der Waals surface area contributed by atoms with E-state index < -0.39 is 34.1 Å². The fourth-order valence-corrected chi connectivity index (χ4v) is 3.86. The molecule has 9 heteroatoms. The van der Waals surface area contributed by atoms with Crippen molar-refractivity contribution in [3.63, 3.8) is 0 Å².